The van der Waals surface area contributed by atoms with E-state index < -0.39 is 15.8 Å². The molecular weight excluding hydrogens is 280 g/mol. The first-order valence-corrected chi connectivity index (χ1v) is 8.71. The van der Waals surface area contributed by atoms with Crippen LogP contribution in [-0.4, -0.2) is 66.1 Å². The van der Waals surface area contributed by atoms with Gasteiger partial charge in [0.25, 0.3) is 10.2 Å². The largest absolute Gasteiger partial charge is 0.395 e. The van der Waals surface area contributed by atoms with Gasteiger partial charge < -0.3 is 9.84 Å². The molecule has 0 aromatic rings. The van der Waals surface area contributed by atoms with Crippen molar-refractivity contribution >= 4 is 10.2 Å². The van der Waals surface area contributed by atoms with Gasteiger partial charge in [0.2, 0.25) is 0 Å². The first-order valence-electron chi connectivity index (χ1n) is 7.32. The van der Waals surface area contributed by atoms with Crippen LogP contribution in [0.1, 0.15) is 40.0 Å². The van der Waals surface area contributed by atoms with Crippen LogP contribution >= 0.6 is 0 Å². The third kappa shape index (κ3) is 3.33. The number of hydrogen-bond donors (Lipinski definition) is 1. The van der Waals surface area contributed by atoms with Crippen molar-refractivity contribution in [2.45, 2.75) is 57.8 Å². The number of ether oxygens (including phenoxy) is 1. The Labute approximate surface area is 121 Å². The maximum Gasteiger partial charge on any atom is 0.282 e. The lowest BCUT2D eigenvalue weighted by molar-refractivity contribution is -0.110. The van der Waals surface area contributed by atoms with Crippen molar-refractivity contribution in [1.82, 2.24) is 8.61 Å². The number of hydrogen-bond acceptors (Lipinski definition) is 4. The highest BCUT2D eigenvalue weighted by atomic mass is 32.2. The highest BCUT2D eigenvalue weighted by Crippen LogP contribution is 2.28. The molecule has 0 saturated carbocycles. The summed E-state index contributed by atoms with van der Waals surface area (Å²) in [5.41, 5.74) is -0.477. The minimum Gasteiger partial charge on any atom is -0.395 e. The second-order valence-electron chi connectivity index (χ2n) is 6.43. The minimum atomic E-state index is -3.52. The van der Waals surface area contributed by atoms with Crippen LogP contribution in [0.4, 0.5) is 0 Å². The Morgan fingerprint density at radius 2 is 2.05 bits per heavy atom. The van der Waals surface area contributed by atoms with Crippen molar-refractivity contribution in [1.29, 1.82) is 0 Å². The summed E-state index contributed by atoms with van der Waals surface area (Å²) in [6, 6.07) is -0.282. The molecule has 0 amide bonds. The van der Waals surface area contributed by atoms with Crippen molar-refractivity contribution < 1.29 is 18.3 Å². The van der Waals surface area contributed by atoms with Crippen LogP contribution < -0.4 is 0 Å². The van der Waals surface area contributed by atoms with Crippen molar-refractivity contribution in [2.24, 2.45) is 0 Å². The second-order valence-corrected chi connectivity index (χ2v) is 8.31. The van der Waals surface area contributed by atoms with E-state index in [-0.39, 0.29) is 18.8 Å². The van der Waals surface area contributed by atoms with E-state index in [4.69, 9.17) is 4.74 Å². The maximum atomic E-state index is 12.8. The quantitative estimate of drug-likeness (QED) is 0.828. The molecule has 118 valence electrons. The fourth-order valence-corrected chi connectivity index (χ4v) is 5.26. The van der Waals surface area contributed by atoms with Crippen LogP contribution in [0.25, 0.3) is 0 Å². The molecule has 0 aromatic heterocycles. The second kappa shape index (κ2) is 5.88. The van der Waals surface area contributed by atoms with Crippen LogP contribution in [0.5, 0.6) is 0 Å². The summed E-state index contributed by atoms with van der Waals surface area (Å²) in [5, 5.41) is 9.43. The molecule has 6 nitrogen and oxygen atoms in total. The number of aliphatic hydroxyl groups excluding tert-OH is 1. The van der Waals surface area contributed by atoms with Crippen molar-refractivity contribution in [3.8, 4) is 0 Å². The number of aliphatic hydroxyl groups is 1. The van der Waals surface area contributed by atoms with E-state index >= 15 is 0 Å². The van der Waals surface area contributed by atoms with Crippen LogP contribution in [-0.2, 0) is 14.9 Å². The van der Waals surface area contributed by atoms with Crippen molar-refractivity contribution in [2.75, 3.05) is 26.2 Å². The first kappa shape index (κ1) is 16.2. The molecule has 7 heteroatoms. The Hall–Kier alpha value is -0.210. The normalized spacial score (nSPS) is 33.2. The van der Waals surface area contributed by atoms with Gasteiger partial charge in [-0.1, -0.05) is 6.42 Å². The van der Waals surface area contributed by atoms with Gasteiger partial charge in [-0.2, -0.15) is 17.0 Å². The smallest absolute Gasteiger partial charge is 0.282 e. The predicted molar refractivity (Wildman–Crippen MR) is 76.5 cm³/mol. The van der Waals surface area contributed by atoms with Gasteiger partial charge in [-0.05, 0) is 33.6 Å². The van der Waals surface area contributed by atoms with E-state index in [0.717, 1.165) is 19.3 Å². The zero-order valence-electron chi connectivity index (χ0n) is 12.6. The van der Waals surface area contributed by atoms with Crippen LogP contribution in [0.15, 0.2) is 0 Å². The van der Waals surface area contributed by atoms with Gasteiger partial charge in [0.1, 0.15) is 0 Å². The average molecular weight is 306 g/mol. The molecule has 2 fully saturated rings. The summed E-state index contributed by atoms with van der Waals surface area (Å²) < 4.78 is 34.4. The Morgan fingerprint density at radius 3 is 2.65 bits per heavy atom. The fourth-order valence-electron chi connectivity index (χ4n) is 3.18. The number of nitrogens with zero attached hydrogens (tertiary/aromatic N) is 2. The zero-order chi connectivity index (χ0) is 15.0. The van der Waals surface area contributed by atoms with Crippen LogP contribution in [0, 0.1) is 0 Å². The Kier molecular flexibility index (Phi) is 4.76. The van der Waals surface area contributed by atoms with Crippen LogP contribution in [0.2, 0.25) is 0 Å². The SMILES string of the molecule is CC1CN(S(=O)(=O)N2CCCCC2CO)CC(C)(C)O1. The van der Waals surface area contributed by atoms with E-state index in [1.54, 1.807) is 0 Å². The van der Waals surface area contributed by atoms with Gasteiger partial charge >= 0.3 is 0 Å². The number of morpholine rings is 1. The molecule has 0 bridgehead atoms. The molecule has 0 aromatic carbocycles. The standard InChI is InChI=1S/C13H26N2O4S/c1-11-8-14(10-13(2,3)19-11)20(17,18)15-7-5-4-6-12(15)9-16/h11-12,16H,4-10H2,1-3H3. The van der Waals surface area contributed by atoms with Crippen LogP contribution in [0.3, 0.4) is 0 Å². The summed E-state index contributed by atoms with van der Waals surface area (Å²) in [4.78, 5) is 0. The molecule has 1 N–H and O–H groups in total. The van der Waals surface area contributed by atoms with E-state index in [2.05, 4.69) is 0 Å². The highest BCUT2D eigenvalue weighted by molar-refractivity contribution is 7.86. The number of piperidine rings is 1. The first-order chi connectivity index (χ1) is 9.26. The van der Waals surface area contributed by atoms with Gasteiger partial charge in [-0.3, -0.25) is 0 Å². The molecule has 2 atom stereocenters. The molecule has 0 aliphatic carbocycles. The molecule has 2 saturated heterocycles. The molecule has 2 unspecified atom stereocenters. The molecule has 0 radical (unpaired) electrons. The number of rotatable bonds is 3. The van der Waals surface area contributed by atoms with Crippen molar-refractivity contribution in [3.63, 3.8) is 0 Å². The molecule has 2 aliphatic heterocycles. The minimum absolute atomic E-state index is 0.109. The van der Waals surface area contributed by atoms with E-state index in [9.17, 15) is 13.5 Å². The predicted octanol–water partition coefficient (Wildman–Crippen LogP) is 0.577. The van der Waals surface area contributed by atoms with E-state index in [1.807, 2.05) is 20.8 Å². The van der Waals surface area contributed by atoms with Gasteiger partial charge in [-0.15, -0.1) is 0 Å². The monoisotopic (exact) mass is 306 g/mol. The topological polar surface area (TPSA) is 70.1 Å². The molecule has 2 heterocycles. The average Bonchev–Trinajstić information content (AvgIpc) is 2.36. The van der Waals surface area contributed by atoms with Crippen molar-refractivity contribution in [3.05, 3.63) is 0 Å². The highest BCUT2D eigenvalue weighted by Gasteiger charge is 2.42. The maximum absolute atomic E-state index is 12.8. The van der Waals surface area contributed by atoms with Gasteiger partial charge in [0.15, 0.2) is 0 Å². The lowest BCUT2D eigenvalue weighted by Gasteiger charge is -2.44. The molecule has 20 heavy (non-hydrogen) atoms. The Morgan fingerprint density at radius 1 is 1.35 bits per heavy atom. The molecule has 2 aliphatic rings. The lowest BCUT2D eigenvalue weighted by Crippen LogP contribution is -2.59. The fraction of sp³-hybridized carbons (Fsp3) is 1.00. The third-order valence-corrected chi connectivity index (χ3v) is 5.95. The zero-order valence-corrected chi connectivity index (χ0v) is 13.4. The summed E-state index contributed by atoms with van der Waals surface area (Å²) in [5.74, 6) is 0. The molecule has 0 spiro atoms. The van der Waals surface area contributed by atoms with Gasteiger partial charge in [-0.25, -0.2) is 0 Å². The summed E-state index contributed by atoms with van der Waals surface area (Å²) in [6.45, 7) is 6.83. The third-order valence-electron chi connectivity index (χ3n) is 3.94. The summed E-state index contributed by atoms with van der Waals surface area (Å²) >= 11 is 0. The van der Waals surface area contributed by atoms with E-state index in [0.29, 0.717) is 19.6 Å². The Balaban J connectivity index is 2.20. The molecule has 2 rings (SSSR count). The summed E-state index contributed by atoms with van der Waals surface area (Å²) in [6.07, 6.45) is 2.45. The summed E-state index contributed by atoms with van der Waals surface area (Å²) in [7, 11) is -3.52. The lowest BCUT2D eigenvalue weighted by atomic mass is 10.1. The van der Waals surface area contributed by atoms with E-state index in [1.165, 1.54) is 8.61 Å². The molecular formula is C13H26N2O4S. The van der Waals surface area contributed by atoms with Gasteiger partial charge in [0, 0.05) is 25.7 Å². The van der Waals surface area contributed by atoms with Gasteiger partial charge in [0.05, 0.1) is 18.3 Å². The Bertz CT molecular complexity index is 438.